The van der Waals surface area contributed by atoms with Gasteiger partial charge in [-0.2, -0.15) is 5.10 Å². The van der Waals surface area contributed by atoms with E-state index >= 15 is 0 Å². The van der Waals surface area contributed by atoms with Gasteiger partial charge in [0.2, 0.25) is 0 Å². The Balaban J connectivity index is 1.42. The maximum atomic E-state index is 6.26. The molecule has 0 amide bonds. The summed E-state index contributed by atoms with van der Waals surface area (Å²) in [6, 6.07) is 7.00. The molecule has 1 fully saturated rings. The lowest BCUT2D eigenvalue weighted by Gasteiger charge is -2.33. The highest BCUT2D eigenvalue weighted by molar-refractivity contribution is 6.34. The number of anilines is 2. The van der Waals surface area contributed by atoms with E-state index in [4.69, 9.17) is 43.6 Å². The highest BCUT2D eigenvalue weighted by atomic mass is 35.5. The van der Waals surface area contributed by atoms with E-state index in [0.717, 1.165) is 43.0 Å². The van der Waals surface area contributed by atoms with E-state index in [1.54, 1.807) is 41.3 Å². The second kappa shape index (κ2) is 8.44. The summed E-state index contributed by atoms with van der Waals surface area (Å²) in [5.74, 6) is 1.83. The second-order valence-corrected chi connectivity index (χ2v) is 8.62. The van der Waals surface area contributed by atoms with Crippen LogP contribution in [0.1, 0.15) is 12.8 Å². The number of nitrogen functional groups attached to an aromatic ring is 1. The number of fused-ring (bicyclic) bond motifs is 1. The molecule has 1 aliphatic rings. The lowest BCUT2D eigenvalue weighted by atomic mass is 10.1. The van der Waals surface area contributed by atoms with E-state index in [2.05, 4.69) is 15.0 Å². The summed E-state index contributed by atoms with van der Waals surface area (Å²) in [4.78, 5) is 16.1. The number of pyridine rings is 1. The summed E-state index contributed by atoms with van der Waals surface area (Å²) in [7, 11) is 1.88. The molecule has 164 valence electrons. The van der Waals surface area contributed by atoms with Crippen molar-refractivity contribution in [1.82, 2.24) is 24.7 Å². The standard InChI is InChI=1S/C22H21Cl2N7O/c1-30-12-13(10-27-30)21-22(29-17-9-20(25)26-11-18(17)28-21)31-6-4-15(5-7-31)32-19-8-14(23)2-3-16(19)24/h2-3,8-12,15H,4-7H2,1H3,(H2,25,26). The fraction of sp³-hybridized carbons (Fsp3) is 0.273. The number of halogens is 2. The molecular weight excluding hydrogens is 449 g/mol. The average Bonchev–Trinajstić information content (AvgIpc) is 3.22. The zero-order chi connectivity index (χ0) is 22.2. The summed E-state index contributed by atoms with van der Waals surface area (Å²) in [6.07, 6.45) is 7.04. The number of aryl methyl sites for hydroxylation is 1. The lowest BCUT2D eigenvalue weighted by molar-refractivity contribution is 0.171. The molecule has 0 atom stereocenters. The molecule has 2 N–H and O–H groups in total. The van der Waals surface area contributed by atoms with Crippen molar-refractivity contribution in [3.8, 4) is 17.0 Å². The predicted octanol–water partition coefficient (Wildman–Crippen LogP) is 4.36. The Labute approximate surface area is 194 Å². The van der Waals surface area contributed by atoms with Crippen LogP contribution in [-0.4, -0.2) is 43.9 Å². The molecule has 0 spiro atoms. The monoisotopic (exact) mass is 469 g/mol. The van der Waals surface area contributed by atoms with Gasteiger partial charge in [-0.25, -0.2) is 15.0 Å². The molecule has 1 aliphatic heterocycles. The quantitative estimate of drug-likeness (QED) is 0.474. The second-order valence-electron chi connectivity index (χ2n) is 7.78. The van der Waals surface area contributed by atoms with E-state index in [-0.39, 0.29) is 6.10 Å². The Morgan fingerprint density at radius 1 is 1.06 bits per heavy atom. The highest BCUT2D eigenvalue weighted by Gasteiger charge is 2.26. The van der Waals surface area contributed by atoms with Crippen LogP contribution in [0.2, 0.25) is 10.0 Å². The molecule has 8 nitrogen and oxygen atoms in total. The van der Waals surface area contributed by atoms with Crippen LogP contribution in [0.5, 0.6) is 5.75 Å². The van der Waals surface area contributed by atoms with E-state index in [1.165, 1.54) is 0 Å². The van der Waals surface area contributed by atoms with Gasteiger partial charge in [-0.15, -0.1) is 0 Å². The van der Waals surface area contributed by atoms with Crippen molar-refractivity contribution in [2.24, 2.45) is 7.05 Å². The smallest absolute Gasteiger partial charge is 0.156 e. The van der Waals surface area contributed by atoms with Gasteiger partial charge in [-0.05, 0) is 12.1 Å². The number of rotatable bonds is 4. The van der Waals surface area contributed by atoms with Gasteiger partial charge in [0.25, 0.3) is 0 Å². The Hall–Kier alpha value is -3.10. The van der Waals surface area contributed by atoms with Crippen molar-refractivity contribution in [2.75, 3.05) is 23.7 Å². The minimum Gasteiger partial charge on any atom is -0.489 e. The topological polar surface area (TPSA) is 95.0 Å². The van der Waals surface area contributed by atoms with Crippen LogP contribution >= 0.6 is 23.2 Å². The Morgan fingerprint density at radius 2 is 1.88 bits per heavy atom. The lowest BCUT2D eigenvalue weighted by Crippen LogP contribution is -2.39. The molecule has 1 saturated heterocycles. The maximum Gasteiger partial charge on any atom is 0.156 e. The molecule has 0 aliphatic carbocycles. The zero-order valence-corrected chi connectivity index (χ0v) is 18.9. The molecule has 5 rings (SSSR count). The molecule has 10 heteroatoms. The minimum absolute atomic E-state index is 0.0392. The Morgan fingerprint density at radius 3 is 2.62 bits per heavy atom. The number of hydrogen-bond acceptors (Lipinski definition) is 7. The van der Waals surface area contributed by atoms with Gasteiger partial charge < -0.3 is 15.4 Å². The molecule has 0 unspecified atom stereocenters. The third kappa shape index (κ3) is 4.16. The zero-order valence-electron chi connectivity index (χ0n) is 17.4. The summed E-state index contributed by atoms with van der Waals surface area (Å²) in [6.45, 7) is 1.52. The summed E-state index contributed by atoms with van der Waals surface area (Å²) < 4.78 is 7.89. The van der Waals surface area contributed by atoms with Crippen LogP contribution in [0.15, 0.2) is 42.9 Å². The molecule has 1 aromatic carbocycles. The predicted molar refractivity (Wildman–Crippen MR) is 126 cm³/mol. The Kier molecular flexibility index (Phi) is 5.48. The van der Waals surface area contributed by atoms with Gasteiger partial charge in [0, 0.05) is 61.9 Å². The van der Waals surface area contributed by atoms with Crippen LogP contribution in [0, 0.1) is 0 Å². The van der Waals surface area contributed by atoms with Crippen LogP contribution in [-0.2, 0) is 7.05 Å². The van der Waals surface area contributed by atoms with Crippen molar-refractivity contribution in [3.05, 3.63) is 52.9 Å². The molecule has 32 heavy (non-hydrogen) atoms. The normalized spacial score (nSPS) is 14.8. The first kappa shape index (κ1) is 20.8. The van der Waals surface area contributed by atoms with Gasteiger partial charge in [-0.1, -0.05) is 23.2 Å². The van der Waals surface area contributed by atoms with Gasteiger partial charge >= 0.3 is 0 Å². The van der Waals surface area contributed by atoms with Crippen LogP contribution in [0.3, 0.4) is 0 Å². The molecule has 4 aromatic rings. The fourth-order valence-electron chi connectivity index (χ4n) is 3.86. The number of nitrogens with two attached hydrogens (primary N) is 1. The number of ether oxygens (including phenoxy) is 1. The van der Waals surface area contributed by atoms with Gasteiger partial charge in [0.15, 0.2) is 5.82 Å². The van der Waals surface area contributed by atoms with Crippen molar-refractivity contribution >= 4 is 45.9 Å². The molecular formula is C22H21Cl2N7O. The van der Waals surface area contributed by atoms with E-state index in [1.807, 2.05) is 13.2 Å². The van der Waals surface area contributed by atoms with Crippen LogP contribution < -0.4 is 15.4 Å². The van der Waals surface area contributed by atoms with Gasteiger partial charge in [0.1, 0.15) is 28.9 Å². The molecule has 0 bridgehead atoms. The van der Waals surface area contributed by atoms with Crippen molar-refractivity contribution in [3.63, 3.8) is 0 Å². The van der Waals surface area contributed by atoms with E-state index in [0.29, 0.717) is 32.6 Å². The van der Waals surface area contributed by atoms with Crippen molar-refractivity contribution in [1.29, 1.82) is 0 Å². The third-order valence-electron chi connectivity index (χ3n) is 5.46. The van der Waals surface area contributed by atoms with Crippen LogP contribution in [0.25, 0.3) is 22.3 Å². The van der Waals surface area contributed by atoms with Crippen molar-refractivity contribution < 1.29 is 4.74 Å². The van der Waals surface area contributed by atoms with Gasteiger partial charge in [0.05, 0.1) is 22.9 Å². The number of nitrogens with zero attached hydrogens (tertiary/aromatic N) is 6. The molecule has 0 radical (unpaired) electrons. The number of aromatic nitrogens is 5. The molecule has 4 heterocycles. The summed E-state index contributed by atoms with van der Waals surface area (Å²) in [5, 5.41) is 5.46. The van der Waals surface area contributed by atoms with Gasteiger partial charge in [-0.3, -0.25) is 4.68 Å². The largest absolute Gasteiger partial charge is 0.489 e. The fourth-order valence-corrected chi connectivity index (χ4v) is 4.18. The van der Waals surface area contributed by atoms with Crippen LogP contribution in [0.4, 0.5) is 11.6 Å². The highest BCUT2D eigenvalue weighted by Crippen LogP contribution is 2.33. The summed E-state index contributed by atoms with van der Waals surface area (Å²) in [5.41, 5.74) is 8.95. The Bertz CT molecular complexity index is 1280. The number of hydrogen-bond donors (Lipinski definition) is 1. The number of piperidine rings is 1. The maximum absolute atomic E-state index is 6.26. The van der Waals surface area contributed by atoms with E-state index < -0.39 is 0 Å². The third-order valence-corrected chi connectivity index (χ3v) is 6.01. The van der Waals surface area contributed by atoms with E-state index in [9.17, 15) is 0 Å². The first-order valence-electron chi connectivity index (χ1n) is 10.3. The minimum atomic E-state index is 0.0392. The first-order valence-corrected chi connectivity index (χ1v) is 11.0. The number of benzene rings is 1. The SMILES string of the molecule is Cn1cc(-c2nc3cnc(N)cc3nc2N2CCC(Oc3cc(Cl)ccc3Cl)CC2)cn1. The molecule has 0 saturated carbocycles. The average molecular weight is 470 g/mol. The van der Waals surface area contributed by atoms with Crippen molar-refractivity contribution in [2.45, 2.75) is 18.9 Å². The summed E-state index contributed by atoms with van der Waals surface area (Å²) >= 11 is 12.4. The first-order chi connectivity index (χ1) is 15.5. The molecule has 3 aromatic heterocycles.